The number of carbonyl (C=O) groups excluding carboxylic acids is 1. The van der Waals surface area contributed by atoms with E-state index in [2.05, 4.69) is 12.2 Å². The summed E-state index contributed by atoms with van der Waals surface area (Å²) in [4.78, 5) is 23.8. The highest BCUT2D eigenvalue weighted by molar-refractivity contribution is 5.93. The van der Waals surface area contributed by atoms with Gasteiger partial charge in [-0.15, -0.1) is 0 Å². The van der Waals surface area contributed by atoms with Gasteiger partial charge in [0.05, 0.1) is 0 Å². The summed E-state index contributed by atoms with van der Waals surface area (Å²) < 4.78 is 1.41. The fraction of sp³-hybridized carbons (Fsp3) is 0.250. The van der Waals surface area contributed by atoms with Crippen LogP contribution in [0.2, 0.25) is 0 Å². The predicted octanol–water partition coefficient (Wildman–Crippen LogP) is 2.61. The molecule has 1 aromatic carbocycles. The molecule has 0 fully saturated rings. The minimum atomic E-state index is -0.547. The minimum absolute atomic E-state index is 0.184. The molecule has 104 valence electrons. The quantitative estimate of drug-likeness (QED) is 0.928. The maximum absolute atomic E-state index is 12.1. The molecule has 4 heteroatoms. The first kappa shape index (κ1) is 14.1. The number of carbonyl (C=O) groups is 1. The van der Waals surface area contributed by atoms with Gasteiger partial charge in [-0.05, 0) is 37.1 Å². The lowest BCUT2D eigenvalue weighted by Gasteiger charge is -2.15. The number of anilines is 1. The number of nitrogens with zero attached hydrogens (tertiary/aromatic N) is 1. The molecule has 0 aliphatic carbocycles. The number of nitrogens with one attached hydrogen (secondary N) is 1. The van der Waals surface area contributed by atoms with E-state index < -0.39 is 6.04 Å². The largest absolute Gasteiger partial charge is 0.324 e. The van der Waals surface area contributed by atoms with Crippen LogP contribution in [0.15, 0.2) is 53.5 Å². The van der Waals surface area contributed by atoms with E-state index in [1.54, 1.807) is 25.3 Å². The molecule has 2 aromatic rings. The van der Waals surface area contributed by atoms with Crippen molar-refractivity contribution in [2.75, 3.05) is 5.32 Å². The van der Waals surface area contributed by atoms with Gasteiger partial charge in [-0.25, -0.2) is 0 Å². The third-order valence-electron chi connectivity index (χ3n) is 3.28. The van der Waals surface area contributed by atoms with Crippen molar-refractivity contribution in [2.45, 2.75) is 26.3 Å². The summed E-state index contributed by atoms with van der Waals surface area (Å²) in [5.74, 6) is -0.206. The molecule has 1 amide bonds. The molecule has 0 radical (unpaired) electrons. The average Bonchev–Trinajstić information content (AvgIpc) is 2.48. The summed E-state index contributed by atoms with van der Waals surface area (Å²) >= 11 is 0. The van der Waals surface area contributed by atoms with E-state index in [0.29, 0.717) is 0 Å². The zero-order valence-electron chi connectivity index (χ0n) is 11.7. The summed E-state index contributed by atoms with van der Waals surface area (Å²) in [5.41, 5.74) is 1.77. The second-order valence-corrected chi connectivity index (χ2v) is 4.66. The Bertz CT molecular complexity index is 644. The number of rotatable bonds is 4. The first-order valence-electron chi connectivity index (χ1n) is 6.68. The van der Waals surface area contributed by atoms with Gasteiger partial charge in [-0.1, -0.05) is 25.1 Å². The highest BCUT2D eigenvalue weighted by Crippen LogP contribution is 2.12. The maximum atomic E-state index is 12.1. The SMILES string of the molecule is CCc1ccc(NC(=O)C(C)n2ccccc2=O)cc1. The number of pyridine rings is 1. The Morgan fingerprint density at radius 3 is 2.50 bits per heavy atom. The van der Waals surface area contributed by atoms with Crippen LogP contribution in [0.25, 0.3) is 0 Å². The van der Waals surface area contributed by atoms with Gasteiger partial charge in [0.25, 0.3) is 5.56 Å². The van der Waals surface area contributed by atoms with Gasteiger partial charge >= 0.3 is 0 Å². The number of aromatic nitrogens is 1. The average molecular weight is 270 g/mol. The molecule has 0 aliphatic heterocycles. The molecule has 1 aromatic heterocycles. The van der Waals surface area contributed by atoms with Crippen molar-refractivity contribution in [3.8, 4) is 0 Å². The van der Waals surface area contributed by atoms with Crippen molar-refractivity contribution in [3.63, 3.8) is 0 Å². The zero-order chi connectivity index (χ0) is 14.5. The monoisotopic (exact) mass is 270 g/mol. The van der Waals surface area contributed by atoms with Gasteiger partial charge in [-0.3, -0.25) is 9.59 Å². The Kier molecular flexibility index (Phi) is 4.35. The molecule has 0 spiro atoms. The molecule has 20 heavy (non-hydrogen) atoms. The van der Waals surface area contributed by atoms with Crippen LogP contribution in [0.3, 0.4) is 0 Å². The third kappa shape index (κ3) is 3.15. The summed E-state index contributed by atoms with van der Waals surface area (Å²) in [7, 11) is 0. The van der Waals surface area contributed by atoms with Gasteiger partial charge in [0.15, 0.2) is 0 Å². The molecule has 2 rings (SSSR count). The molecule has 0 aliphatic rings. The number of hydrogen-bond donors (Lipinski definition) is 1. The van der Waals surface area contributed by atoms with Crippen LogP contribution in [0.1, 0.15) is 25.5 Å². The van der Waals surface area contributed by atoms with Gasteiger partial charge in [0.1, 0.15) is 6.04 Å². The van der Waals surface area contributed by atoms with E-state index in [-0.39, 0.29) is 11.5 Å². The second-order valence-electron chi connectivity index (χ2n) is 4.66. The van der Waals surface area contributed by atoms with Crippen molar-refractivity contribution >= 4 is 11.6 Å². The third-order valence-corrected chi connectivity index (χ3v) is 3.28. The van der Waals surface area contributed by atoms with E-state index in [9.17, 15) is 9.59 Å². The molecule has 0 saturated heterocycles. The molecular formula is C16H18N2O2. The predicted molar refractivity (Wildman–Crippen MR) is 79.9 cm³/mol. The lowest BCUT2D eigenvalue weighted by molar-refractivity contribution is -0.118. The topological polar surface area (TPSA) is 51.1 Å². The van der Waals surface area contributed by atoms with Crippen molar-refractivity contribution in [1.82, 2.24) is 4.57 Å². The molecule has 0 bridgehead atoms. The molecule has 0 saturated carbocycles. The zero-order valence-corrected chi connectivity index (χ0v) is 11.7. The highest BCUT2D eigenvalue weighted by atomic mass is 16.2. The number of benzene rings is 1. The minimum Gasteiger partial charge on any atom is -0.324 e. The highest BCUT2D eigenvalue weighted by Gasteiger charge is 2.15. The van der Waals surface area contributed by atoms with Crippen LogP contribution in [0, 0.1) is 0 Å². The Hall–Kier alpha value is -2.36. The summed E-state index contributed by atoms with van der Waals surface area (Å²) in [6, 6.07) is 12.0. The summed E-state index contributed by atoms with van der Waals surface area (Å²) in [6.07, 6.45) is 2.58. The second kappa shape index (κ2) is 6.19. The van der Waals surface area contributed by atoms with E-state index in [1.807, 2.05) is 24.3 Å². The van der Waals surface area contributed by atoms with Crippen LogP contribution >= 0.6 is 0 Å². The van der Waals surface area contributed by atoms with Crippen molar-refractivity contribution in [1.29, 1.82) is 0 Å². The smallest absolute Gasteiger partial charge is 0.251 e. The van der Waals surface area contributed by atoms with E-state index in [0.717, 1.165) is 12.1 Å². The Balaban J connectivity index is 2.11. The summed E-state index contributed by atoms with van der Waals surface area (Å²) in [6.45, 7) is 3.79. The molecule has 1 heterocycles. The van der Waals surface area contributed by atoms with Crippen molar-refractivity contribution in [2.24, 2.45) is 0 Å². The van der Waals surface area contributed by atoms with Gasteiger partial charge in [0, 0.05) is 18.0 Å². The Morgan fingerprint density at radius 2 is 1.90 bits per heavy atom. The molecule has 4 nitrogen and oxygen atoms in total. The Labute approximate surface area is 118 Å². The molecule has 1 unspecified atom stereocenters. The lowest BCUT2D eigenvalue weighted by atomic mass is 10.1. The standard InChI is InChI=1S/C16H18N2O2/c1-3-13-7-9-14(10-8-13)17-16(20)12(2)18-11-5-4-6-15(18)19/h4-12H,3H2,1-2H3,(H,17,20). The van der Waals surface area contributed by atoms with E-state index >= 15 is 0 Å². The fourth-order valence-electron chi connectivity index (χ4n) is 1.96. The van der Waals surface area contributed by atoms with Gasteiger partial charge in [0.2, 0.25) is 5.91 Å². The van der Waals surface area contributed by atoms with Crippen LogP contribution in [-0.2, 0) is 11.2 Å². The van der Waals surface area contributed by atoms with E-state index in [1.165, 1.54) is 16.2 Å². The first-order valence-corrected chi connectivity index (χ1v) is 6.68. The van der Waals surface area contributed by atoms with Gasteiger partial charge < -0.3 is 9.88 Å². The fourth-order valence-corrected chi connectivity index (χ4v) is 1.96. The molecular weight excluding hydrogens is 252 g/mol. The Morgan fingerprint density at radius 1 is 1.20 bits per heavy atom. The number of aryl methyl sites for hydroxylation is 1. The first-order chi connectivity index (χ1) is 9.61. The molecule has 1 N–H and O–H groups in total. The molecule has 1 atom stereocenters. The number of hydrogen-bond acceptors (Lipinski definition) is 2. The summed E-state index contributed by atoms with van der Waals surface area (Å²) in [5, 5.41) is 2.82. The van der Waals surface area contributed by atoms with Crippen molar-refractivity contribution < 1.29 is 4.79 Å². The lowest BCUT2D eigenvalue weighted by Crippen LogP contribution is -2.30. The van der Waals surface area contributed by atoms with Gasteiger partial charge in [-0.2, -0.15) is 0 Å². The van der Waals surface area contributed by atoms with Crippen LogP contribution in [0.4, 0.5) is 5.69 Å². The van der Waals surface area contributed by atoms with Crippen LogP contribution in [-0.4, -0.2) is 10.5 Å². The van der Waals surface area contributed by atoms with Crippen LogP contribution < -0.4 is 10.9 Å². The van der Waals surface area contributed by atoms with Crippen LogP contribution in [0.5, 0.6) is 0 Å². The van der Waals surface area contributed by atoms with E-state index in [4.69, 9.17) is 0 Å². The normalized spacial score (nSPS) is 11.9. The maximum Gasteiger partial charge on any atom is 0.251 e. The van der Waals surface area contributed by atoms with Crippen molar-refractivity contribution in [3.05, 3.63) is 64.6 Å². The number of amides is 1.